The normalized spacial score (nSPS) is 32.6. The summed E-state index contributed by atoms with van der Waals surface area (Å²) in [5, 5.41) is -1.71. The van der Waals surface area contributed by atoms with Crippen molar-refractivity contribution >= 4 is 21.8 Å². The lowest BCUT2D eigenvalue weighted by molar-refractivity contribution is 0.590. The van der Waals surface area contributed by atoms with Crippen LogP contribution in [0, 0.1) is 0 Å². The van der Waals surface area contributed by atoms with E-state index < -0.39 is 121 Å². The summed E-state index contributed by atoms with van der Waals surface area (Å²) in [5.41, 5.74) is -12.2. The molecule has 1 heterocycles. The van der Waals surface area contributed by atoms with Crippen LogP contribution in [0.2, 0.25) is 0 Å². The molecule has 3 rings (SSSR count). The minimum absolute atomic E-state index is 0.593. The van der Waals surface area contributed by atoms with E-state index in [0.717, 1.165) is 11.6 Å². The van der Waals surface area contributed by atoms with Crippen LogP contribution in [-0.4, -0.2) is 4.57 Å². The van der Waals surface area contributed by atoms with Crippen molar-refractivity contribution in [3.8, 4) is 0 Å². The predicted molar refractivity (Wildman–Crippen MR) is 97.8 cm³/mol. The molecule has 0 spiro atoms. The number of hydrogen-bond donors (Lipinski definition) is 0. The highest BCUT2D eigenvalue weighted by molar-refractivity contribution is 6.08. The van der Waals surface area contributed by atoms with Gasteiger partial charge in [-0.3, -0.25) is 0 Å². The summed E-state index contributed by atoms with van der Waals surface area (Å²) in [6, 6.07) is -7.49. The molecule has 0 unspecified atom stereocenters. The van der Waals surface area contributed by atoms with Crippen molar-refractivity contribution in [3.05, 3.63) is 47.4 Å². The fourth-order valence-corrected chi connectivity index (χ4v) is 2.15. The van der Waals surface area contributed by atoms with E-state index in [1.807, 2.05) is 0 Å². The Bertz CT molecular complexity index is 1520. The molecule has 116 valence electrons. The molecule has 0 aliphatic heterocycles. The van der Waals surface area contributed by atoms with Crippen LogP contribution in [-0.2, 0) is 17.9 Å². The first-order valence-electron chi connectivity index (χ1n) is 18.1. The Morgan fingerprint density at radius 2 is 1.18 bits per heavy atom. The van der Waals surface area contributed by atoms with Crippen molar-refractivity contribution in [3.63, 3.8) is 0 Å². The number of benzene rings is 2. The molecule has 0 radical (unpaired) electrons. The molecule has 0 saturated carbocycles. The minimum Gasteiger partial charge on any atom is -0.344 e. The van der Waals surface area contributed by atoms with Crippen molar-refractivity contribution in [2.24, 2.45) is 7.05 Å². The Morgan fingerprint density at radius 1 is 0.773 bits per heavy atom. The number of fused-ring (bicyclic) bond motifs is 3. The largest absolute Gasteiger partial charge is 0.344 e. The van der Waals surface area contributed by atoms with Crippen LogP contribution in [0.15, 0.2) is 36.3 Å². The van der Waals surface area contributed by atoms with E-state index in [0.29, 0.717) is 0 Å². The van der Waals surface area contributed by atoms with Crippen LogP contribution >= 0.6 is 0 Å². The Kier molecular flexibility index (Phi) is 0.735. The van der Waals surface area contributed by atoms with Gasteiger partial charge in [0.2, 0.25) is 0 Å². The highest BCUT2D eigenvalue weighted by atomic mass is 14.9. The molecule has 0 aliphatic rings. The Balaban J connectivity index is 2.96. The third-order valence-corrected chi connectivity index (χ3v) is 3.26. The molecular weight excluding hydrogens is 266 g/mol. The van der Waals surface area contributed by atoms with E-state index in [1.165, 1.54) is 0 Å². The van der Waals surface area contributed by atoms with E-state index in [1.54, 1.807) is 0 Å². The Labute approximate surface area is 167 Å². The van der Waals surface area contributed by atoms with E-state index in [4.69, 9.17) is 32.9 Å². The van der Waals surface area contributed by atoms with Gasteiger partial charge in [0.05, 0.1) is 8.22 Å². The van der Waals surface area contributed by atoms with E-state index >= 15 is 0 Å². The zero-order valence-electron chi connectivity index (χ0n) is 35.4. The second-order valence-electron chi connectivity index (χ2n) is 5.01. The first-order valence-corrected chi connectivity index (χ1v) is 6.14. The van der Waals surface area contributed by atoms with Gasteiger partial charge in [0.15, 0.2) is 0 Å². The summed E-state index contributed by atoms with van der Waals surface area (Å²) in [7, 11) is 1.09. The number of aryl methyl sites for hydroxylation is 1. The first kappa shape index (κ1) is 3.50. The molecule has 1 aromatic heterocycles. The lowest BCUT2D eigenvalue weighted by Gasteiger charge is -2.19. The molecule has 0 saturated heterocycles. The van der Waals surface area contributed by atoms with E-state index in [-0.39, 0.29) is 0 Å². The lowest BCUT2D eigenvalue weighted by Crippen LogP contribution is -2.10. The minimum atomic E-state index is -4.01. The third kappa shape index (κ3) is 2.33. The molecule has 0 N–H and O–H groups in total. The molecule has 0 amide bonds. The highest BCUT2D eigenvalue weighted by Crippen LogP contribution is 2.35. The van der Waals surface area contributed by atoms with Gasteiger partial charge < -0.3 is 4.57 Å². The highest BCUT2D eigenvalue weighted by Gasteiger charge is 2.18. The molecule has 0 aliphatic carbocycles. The summed E-state index contributed by atoms with van der Waals surface area (Å²) in [5.74, 6) is 0. The SMILES string of the molecule is [2H]c1c(C(C([2H])([2H])[2H])(C([2H])([2H])[2H])C([2H])([2H])[2H])c([2H])c2c3c([2H])c(C(C([2H])([2H])[2H])(C([2H])([2H])[2H])C([2H])([2H])[2H])c([2H])c([2H])c3n(C)c2c1[2H]. The van der Waals surface area contributed by atoms with Gasteiger partial charge in [0.25, 0.3) is 0 Å². The first-order chi connectivity index (χ1) is 20.1. The van der Waals surface area contributed by atoms with Gasteiger partial charge in [-0.25, -0.2) is 0 Å². The zero-order chi connectivity index (χ0) is 36.5. The molecule has 3 aromatic rings. The van der Waals surface area contributed by atoms with Crippen molar-refractivity contribution in [2.75, 3.05) is 0 Å². The second-order valence-corrected chi connectivity index (χ2v) is 5.01. The van der Waals surface area contributed by atoms with Gasteiger partial charge in [-0.2, -0.15) is 0 Å². The maximum Gasteiger partial charge on any atom is 0.0645 e. The van der Waals surface area contributed by atoms with Crippen molar-refractivity contribution in [2.45, 2.75) is 51.9 Å². The summed E-state index contributed by atoms with van der Waals surface area (Å²) in [4.78, 5) is 0. The summed E-state index contributed by atoms with van der Waals surface area (Å²) in [6.07, 6.45) is 0. The lowest BCUT2D eigenvalue weighted by atomic mass is 9.85. The predicted octanol–water partition coefficient (Wildman–Crippen LogP) is 5.93. The van der Waals surface area contributed by atoms with Gasteiger partial charge in [-0.15, -0.1) is 0 Å². The number of rotatable bonds is 0. The maximum atomic E-state index is 8.99. The van der Waals surface area contributed by atoms with Crippen LogP contribution in [0.4, 0.5) is 0 Å². The summed E-state index contributed by atoms with van der Waals surface area (Å²) >= 11 is 0. The summed E-state index contributed by atoms with van der Waals surface area (Å²) < 4.78 is 198. The monoisotopic (exact) mass is 317 g/mol. The maximum absolute atomic E-state index is 8.99. The fraction of sp³-hybridized carbons (Fsp3) is 0.429. The van der Waals surface area contributed by atoms with Gasteiger partial charge in [0.1, 0.15) is 0 Å². The Morgan fingerprint density at radius 3 is 1.55 bits per heavy atom. The quantitative estimate of drug-likeness (QED) is 0.484. The van der Waals surface area contributed by atoms with Gasteiger partial charge >= 0.3 is 0 Å². The molecular formula is C21H27N. The van der Waals surface area contributed by atoms with E-state index in [2.05, 4.69) is 0 Å². The average molecular weight is 318 g/mol. The number of hydrogen-bond acceptors (Lipinski definition) is 0. The van der Waals surface area contributed by atoms with Crippen molar-refractivity contribution in [1.82, 2.24) is 4.57 Å². The second kappa shape index (κ2) is 4.62. The third-order valence-electron chi connectivity index (χ3n) is 3.26. The molecule has 0 fully saturated rings. The molecule has 0 bridgehead atoms. The summed E-state index contributed by atoms with van der Waals surface area (Å²) in [6.45, 7) is -24.1. The number of aromatic nitrogens is 1. The standard InChI is InChI=1S/C21H27N/c1-20(2,3)14-8-10-18-16(12-14)17-13-15(21(4,5)6)9-11-19(17)22(18)7/h8-13H,1-7H3/i1D3,2D3,3D3,4D3,5D3,6D3,8D,9D,10D,11D,12D,13D. The van der Waals surface area contributed by atoms with E-state index in [9.17, 15) is 0 Å². The molecule has 22 heavy (non-hydrogen) atoms. The smallest absolute Gasteiger partial charge is 0.0645 e. The number of nitrogens with zero attached hydrogens (tertiary/aromatic N) is 1. The van der Waals surface area contributed by atoms with Gasteiger partial charge in [0, 0.05) is 53.5 Å². The Hall–Kier alpha value is -1.76. The van der Waals surface area contributed by atoms with Crippen molar-refractivity contribution < 1.29 is 32.9 Å². The molecule has 1 nitrogen and oxygen atoms in total. The zero-order valence-corrected chi connectivity index (χ0v) is 11.4. The topological polar surface area (TPSA) is 4.93 Å². The van der Waals surface area contributed by atoms with Crippen LogP contribution < -0.4 is 0 Å². The van der Waals surface area contributed by atoms with Crippen LogP contribution in [0.1, 0.15) is 85.1 Å². The molecule has 0 atom stereocenters. The van der Waals surface area contributed by atoms with Gasteiger partial charge in [-0.1, -0.05) is 53.2 Å². The molecule has 2 aromatic carbocycles. The fourth-order valence-electron chi connectivity index (χ4n) is 2.15. The molecule has 1 heteroatoms. The van der Waals surface area contributed by atoms with Crippen LogP contribution in [0.3, 0.4) is 0 Å². The average Bonchev–Trinajstić information content (AvgIpc) is 3.09. The van der Waals surface area contributed by atoms with Crippen LogP contribution in [0.5, 0.6) is 0 Å². The van der Waals surface area contributed by atoms with Gasteiger partial charge in [-0.05, 0) is 46.1 Å². The van der Waals surface area contributed by atoms with Crippen LogP contribution in [0.25, 0.3) is 21.8 Å². The van der Waals surface area contributed by atoms with Crippen molar-refractivity contribution in [1.29, 1.82) is 0 Å².